The molecule has 4 aliphatic heterocycles. The molecule has 208 valence electrons. The third-order valence-electron chi connectivity index (χ3n) is 8.77. The van der Waals surface area contributed by atoms with E-state index in [1.807, 2.05) is 0 Å². The highest BCUT2D eigenvalue weighted by molar-refractivity contribution is 7.90. The van der Waals surface area contributed by atoms with E-state index in [0.29, 0.717) is 5.40 Å². The molecule has 0 fully saturated rings. The van der Waals surface area contributed by atoms with Crippen molar-refractivity contribution in [3.05, 3.63) is 95.1 Å². The monoisotopic (exact) mass is 580 g/mol. The van der Waals surface area contributed by atoms with Crippen molar-refractivity contribution < 1.29 is 18.9 Å². The maximum absolute atomic E-state index is 6.42. The second-order valence-electron chi connectivity index (χ2n) is 11.1. The summed E-state index contributed by atoms with van der Waals surface area (Å²) in [7, 11) is -1.70. The van der Waals surface area contributed by atoms with Crippen LogP contribution in [0.1, 0.15) is 35.6 Å². The Morgan fingerprint density at radius 3 is 1.05 bits per heavy atom. The first kappa shape index (κ1) is 25.6. The first-order valence-electron chi connectivity index (χ1n) is 14.9. The molecule has 0 atom stereocenters. The molecule has 0 spiro atoms. The van der Waals surface area contributed by atoms with Gasteiger partial charge in [-0.3, -0.25) is 0 Å². The number of para-hydroxylation sites is 4. The molecular formula is C35H34O4P2. The maximum atomic E-state index is 6.42. The second kappa shape index (κ2) is 10.6. The summed E-state index contributed by atoms with van der Waals surface area (Å²) in [5.41, 5.74) is 5.32. The summed E-state index contributed by atoms with van der Waals surface area (Å²) >= 11 is 0. The predicted octanol–water partition coefficient (Wildman–Crippen LogP) is 5.73. The summed E-state index contributed by atoms with van der Waals surface area (Å²) in [6.45, 7) is 5.39. The molecule has 0 bridgehead atoms. The Bertz CT molecular complexity index is 1400. The highest BCUT2D eigenvalue weighted by atomic mass is 31.2. The van der Waals surface area contributed by atoms with E-state index in [1.165, 1.54) is 43.5 Å². The van der Waals surface area contributed by atoms with Gasteiger partial charge in [0.1, 0.15) is 23.0 Å². The Morgan fingerprint density at radius 1 is 0.488 bits per heavy atom. The van der Waals surface area contributed by atoms with Crippen LogP contribution in [0.2, 0.25) is 0 Å². The standard InChI is InChI=1S/C35H34O4P2/c1-2-31(40(27-11-3-7-23-15-19-36-32(23)27)28-12-4-8-24-16-20-37-33(24)28)41(29-13-5-9-25-17-21-38-34(25)29)30-14-6-10-26-18-22-39-35(26)30/h3-14,31H,2,15-22H2,1H3. The van der Waals surface area contributed by atoms with E-state index >= 15 is 0 Å². The van der Waals surface area contributed by atoms with E-state index in [1.54, 1.807) is 0 Å². The van der Waals surface area contributed by atoms with Gasteiger partial charge in [0, 0.05) is 52.3 Å². The van der Waals surface area contributed by atoms with E-state index in [9.17, 15) is 0 Å². The number of rotatable bonds is 7. The molecule has 0 radical (unpaired) electrons. The first-order valence-corrected chi connectivity index (χ1v) is 17.7. The molecule has 4 aliphatic rings. The predicted molar refractivity (Wildman–Crippen MR) is 169 cm³/mol. The van der Waals surface area contributed by atoms with Crippen molar-refractivity contribution in [3.63, 3.8) is 0 Å². The molecule has 4 heterocycles. The van der Waals surface area contributed by atoms with Crippen molar-refractivity contribution in [2.24, 2.45) is 0 Å². The summed E-state index contributed by atoms with van der Waals surface area (Å²) in [6, 6.07) is 27.2. The number of fused-ring (bicyclic) bond motifs is 4. The lowest BCUT2D eigenvalue weighted by Gasteiger charge is -2.37. The second-order valence-corrected chi connectivity index (χ2v) is 16.1. The molecule has 0 N–H and O–H groups in total. The van der Waals surface area contributed by atoms with Crippen molar-refractivity contribution in [2.75, 3.05) is 26.4 Å². The first-order chi connectivity index (χ1) is 20.3. The fourth-order valence-electron chi connectivity index (χ4n) is 6.93. The van der Waals surface area contributed by atoms with Crippen LogP contribution >= 0.6 is 15.8 Å². The van der Waals surface area contributed by atoms with Gasteiger partial charge in [-0.2, -0.15) is 0 Å². The average molecular weight is 581 g/mol. The van der Waals surface area contributed by atoms with Crippen LogP contribution in [-0.2, 0) is 25.7 Å². The molecule has 6 heteroatoms. The van der Waals surface area contributed by atoms with Crippen molar-refractivity contribution in [2.45, 2.75) is 44.4 Å². The van der Waals surface area contributed by atoms with Gasteiger partial charge >= 0.3 is 0 Å². The smallest absolute Gasteiger partial charge is 0.130 e. The van der Waals surface area contributed by atoms with Crippen LogP contribution in [0, 0.1) is 0 Å². The van der Waals surface area contributed by atoms with Crippen LogP contribution in [0.5, 0.6) is 23.0 Å². The maximum Gasteiger partial charge on any atom is 0.130 e. The van der Waals surface area contributed by atoms with Gasteiger partial charge in [-0.15, -0.1) is 0 Å². The molecule has 0 aliphatic carbocycles. The molecule has 0 unspecified atom stereocenters. The van der Waals surface area contributed by atoms with Crippen LogP contribution in [0.25, 0.3) is 0 Å². The molecule has 0 amide bonds. The third-order valence-corrected chi connectivity index (χ3v) is 15.6. The van der Waals surface area contributed by atoms with Crippen LogP contribution in [0.15, 0.2) is 72.8 Å². The fraction of sp³-hybridized carbons (Fsp3) is 0.314. The van der Waals surface area contributed by atoms with E-state index in [0.717, 1.165) is 81.5 Å². The Labute approximate surface area is 244 Å². The van der Waals surface area contributed by atoms with Crippen LogP contribution in [0.4, 0.5) is 0 Å². The lowest BCUT2D eigenvalue weighted by Crippen LogP contribution is -2.29. The van der Waals surface area contributed by atoms with Gasteiger partial charge in [0.25, 0.3) is 0 Å². The molecule has 0 saturated carbocycles. The summed E-state index contributed by atoms with van der Waals surface area (Å²) in [5, 5.41) is 5.72. The van der Waals surface area contributed by atoms with Crippen molar-refractivity contribution in [1.82, 2.24) is 0 Å². The minimum Gasteiger partial charge on any atom is -0.492 e. The molecular weight excluding hydrogens is 546 g/mol. The highest BCUT2D eigenvalue weighted by Gasteiger charge is 2.41. The lowest BCUT2D eigenvalue weighted by atomic mass is 10.2. The van der Waals surface area contributed by atoms with Gasteiger partial charge in [0.05, 0.1) is 26.4 Å². The molecule has 0 aromatic heterocycles. The van der Waals surface area contributed by atoms with Gasteiger partial charge in [-0.05, 0) is 44.5 Å². The Hall–Kier alpha value is -3.06. The molecule has 4 aromatic carbocycles. The van der Waals surface area contributed by atoms with Crippen LogP contribution in [0.3, 0.4) is 0 Å². The van der Waals surface area contributed by atoms with E-state index in [4.69, 9.17) is 18.9 Å². The normalized spacial score (nSPS) is 16.2. The zero-order valence-corrected chi connectivity index (χ0v) is 25.2. The van der Waals surface area contributed by atoms with Crippen molar-refractivity contribution in [3.8, 4) is 23.0 Å². The topological polar surface area (TPSA) is 36.9 Å². The lowest BCUT2D eigenvalue weighted by molar-refractivity contribution is 0.358. The number of benzene rings is 4. The van der Waals surface area contributed by atoms with Gasteiger partial charge in [-0.1, -0.05) is 79.7 Å². The summed E-state index contributed by atoms with van der Waals surface area (Å²) < 4.78 is 25.7. The minimum atomic E-state index is -0.852. The minimum absolute atomic E-state index is 0.331. The number of ether oxygens (including phenoxy) is 4. The molecule has 0 saturated heterocycles. The summed E-state index contributed by atoms with van der Waals surface area (Å²) in [4.78, 5) is 0. The van der Waals surface area contributed by atoms with Crippen molar-refractivity contribution in [1.29, 1.82) is 0 Å². The zero-order valence-electron chi connectivity index (χ0n) is 23.4. The molecule has 4 aromatic rings. The Balaban J connectivity index is 1.39. The highest BCUT2D eigenvalue weighted by Crippen LogP contribution is 2.62. The Morgan fingerprint density at radius 2 is 0.780 bits per heavy atom. The van der Waals surface area contributed by atoms with Crippen LogP contribution in [-0.4, -0.2) is 31.8 Å². The average Bonchev–Trinajstić information content (AvgIpc) is 3.83. The van der Waals surface area contributed by atoms with Gasteiger partial charge in [0.15, 0.2) is 0 Å². The molecule has 8 rings (SSSR count). The fourth-order valence-corrected chi connectivity index (χ4v) is 14.6. The van der Waals surface area contributed by atoms with E-state index in [-0.39, 0.29) is 0 Å². The van der Waals surface area contributed by atoms with E-state index < -0.39 is 15.8 Å². The van der Waals surface area contributed by atoms with Crippen molar-refractivity contribution >= 4 is 37.1 Å². The Kier molecular flexibility index (Phi) is 6.66. The number of hydrogen-bond donors (Lipinski definition) is 0. The number of hydrogen-bond acceptors (Lipinski definition) is 4. The van der Waals surface area contributed by atoms with Gasteiger partial charge < -0.3 is 18.9 Å². The van der Waals surface area contributed by atoms with Crippen LogP contribution < -0.4 is 40.2 Å². The zero-order chi connectivity index (χ0) is 27.3. The van der Waals surface area contributed by atoms with E-state index in [2.05, 4.69) is 79.7 Å². The third kappa shape index (κ3) is 4.26. The quantitative estimate of drug-likeness (QED) is 0.262. The molecule has 4 nitrogen and oxygen atoms in total. The SMILES string of the molecule is CCC(P(c1cccc2c1OCC2)c1cccc2c1OCC2)P(c1cccc2c1OCC2)c1cccc2c1OCC2. The summed E-state index contributed by atoms with van der Waals surface area (Å²) in [5.74, 6) is 4.41. The largest absolute Gasteiger partial charge is 0.492 e. The molecule has 41 heavy (non-hydrogen) atoms. The summed E-state index contributed by atoms with van der Waals surface area (Å²) in [6.07, 6.45) is 4.92. The van der Waals surface area contributed by atoms with Gasteiger partial charge in [0.2, 0.25) is 0 Å². The van der Waals surface area contributed by atoms with Gasteiger partial charge in [-0.25, -0.2) is 0 Å².